The molecule has 3 heteroatoms. The van der Waals surface area contributed by atoms with Gasteiger partial charge in [-0.3, -0.25) is 4.79 Å². The SMILES string of the molecule is CBc1cccc2c1CCCC2C(=O)OC. The Morgan fingerprint density at radius 2 is 2.31 bits per heavy atom. The van der Waals surface area contributed by atoms with Gasteiger partial charge in [0.05, 0.1) is 13.0 Å². The Balaban J connectivity index is 2.43. The molecule has 84 valence electrons. The fourth-order valence-corrected chi connectivity index (χ4v) is 2.64. The van der Waals surface area contributed by atoms with Crippen LogP contribution >= 0.6 is 0 Å². The zero-order valence-electron chi connectivity index (χ0n) is 9.95. The first-order valence-electron chi connectivity index (χ1n) is 5.96. The molecule has 1 aliphatic rings. The van der Waals surface area contributed by atoms with Gasteiger partial charge in [0.2, 0.25) is 0 Å². The van der Waals surface area contributed by atoms with Gasteiger partial charge in [-0.05, 0) is 30.4 Å². The van der Waals surface area contributed by atoms with E-state index >= 15 is 0 Å². The van der Waals surface area contributed by atoms with Gasteiger partial charge in [-0.25, -0.2) is 0 Å². The predicted molar refractivity (Wildman–Crippen MR) is 66.8 cm³/mol. The molecule has 2 rings (SSSR count). The van der Waals surface area contributed by atoms with Crippen molar-refractivity contribution in [2.45, 2.75) is 32.0 Å². The quantitative estimate of drug-likeness (QED) is 0.551. The van der Waals surface area contributed by atoms with Crippen molar-refractivity contribution in [2.75, 3.05) is 7.11 Å². The number of benzene rings is 1. The summed E-state index contributed by atoms with van der Waals surface area (Å²) in [6.45, 7) is 2.16. The molecule has 1 aromatic rings. The molecule has 0 bridgehead atoms. The number of methoxy groups -OCH3 is 1. The molecule has 0 radical (unpaired) electrons. The summed E-state index contributed by atoms with van der Waals surface area (Å²) in [6.07, 6.45) is 3.11. The molecule has 0 heterocycles. The number of esters is 1. The Morgan fingerprint density at radius 1 is 1.50 bits per heavy atom. The third kappa shape index (κ3) is 1.86. The standard InChI is InChI=1S/C13H17BO2/c1-14-12-8-4-5-9-10(12)6-3-7-11(9)13(15)16-2/h4-5,8,11,14H,3,6-7H2,1-2H3. The van der Waals surface area contributed by atoms with Gasteiger partial charge in [0, 0.05) is 0 Å². The van der Waals surface area contributed by atoms with E-state index in [0.717, 1.165) is 26.5 Å². The van der Waals surface area contributed by atoms with Crippen molar-refractivity contribution in [3.05, 3.63) is 29.3 Å². The third-order valence-electron chi connectivity index (χ3n) is 3.47. The van der Waals surface area contributed by atoms with E-state index in [1.807, 2.05) is 0 Å². The highest BCUT2D eigenvalue weighted by atomic mass is 16.5. The first-order valence-corrected chi connectivity index (χ1v) is 5.96. The fourth-order valence-electron chi connectivity index (χ4n) is 2.64. The lowest BCUT2D eigenvalue weighted by Crippen LogP contribution is -2.26. The number of rotatable bonds is 2. The van der Waals surface area contributed by atoms with E-state index in [9.17, 15) is 4.79 Å². The zero-order chi connectivity index (χ0) is 11.5. The van der Waals surface area contributed by atoms with Crippen LogP contribution in [-0.2, 0) is 16.0 Å². The summed E-state index contributed by atoms with van der Waals surface area (Å²) in [5.41, 5.74) is 3.95. The molecule has 0 amide bonds. The monoisotopic (exact) mass is 216 g/mol. The van der Waals surface area contributed by atoms with Crippen molar-refractivity contribution < 1.29 is 9.53 Å². The van der Waals surface area contributed by atoms with E-state index in [2.05, 4.69) is 25.0 Å². The van der Waals surface area contributed by atoms with Crippen LogP contribution in [0, 0.1) is 0 Å². The van der Waals surface area contributed by atoms with Crippen molar-refractivity contribution >= 4 is 18.7 Å². The maximum absolute atomic E-state index is 11.7. The van der Waals surface area contributed by atoms with Gasteiger partial charge in [-0.15, -0.1) is 0 Å². The van der Waals surface area contributed by atoms with Gasteiger partial charge in [0.25, 0.3) is 0 Å². The second-order valence-electron chi connectivity index (χ2n) is 4.31. The fraction of sp³-hybridized carbons (Fsp3) is 0.462. The molecule has 0 aliphatic heterocycles. The largest absolute Gasteiger partial charge is 0.469 e. The Morgan fingerprint density at radius 3 is 3.00 bits per heavy atom. The summed E-state index contributed by atoms with van der Waals surface area (Å²) in [4.78, 5) is 11.7. The zero-order valence-corrected chi connectivity index (χ0v) is 9.95. The highest BCUT2D eigenvalue weighted by Gasteiger charge is 2.27. The molecule has 0 N–H and O–H groups in total. The van der Waals surface area contributed by atoms with Gasteiger partial charge >= 0.3 is 5.97 Å². The van der Waals surface area contributed by atoms with Gasteiger partial charge < -0.3 is 4.74 Å². The average Bonchev–Trinajstić information content (AvgIpc) is 2.36. The van der Waals surface area contributed by atoms with E-state index in [1.165, 1.54) is 23.7 Å². The van der Waals surface area contributed by atoms with Crippen LogP contribution in [0.4, 0.5) is 0 Å². The van der Waals surface area contributed by atoms with Crippen molar-refractivity contribution in [3.63, 3.8) is 0 Å². The normalized spacial score (nSPS) is 18.8. The molecule has 0 spiro atoms. The second-order valence-corrected chi connectivity index (χ2v) is 4.31. The smallest absolute Gasteiger partial charge is 0.313 e. The van der Waals surface area contributed by atoms with Crippen LogP contribution in [0.5, 0.6) is 0 Å². The van der Waals surface area contributed by atoms with E-state index in [-0.39, 0.29) is 11.9 Å². The van der Waals surface area contributed by atoms with Crippen LogP contribution in [-0.4, -0.2) is 20.4 Å². The van der Waals surface area contributed by atoms with E-state index in [1.54, 1.807) is 0 Å². The van der Waals surface area contributed by atoms with Gasteiger partial charge in [-0.2, -0.15) is 0 Å². The minimum Gasteiger partial charge on any atom is -0.469 e. The molecule has 0 saturated heterocycles. The Labute approximate surface area is 97.2 Å². The number of fused-ring (bicyclic) bond motifs is 1. The van der Waals surface area contributed by atoms with Crippen molar-refractivity contribution in [1.29, 1.82) is 0 Å². The van der Waals surface area contributed by atoms with Crippen LogP contribution in [0.2, 0.25) is 6.82 Å². The van der Waals surface area contributed by atoms with Crippen molar-refractivity contribution in [2.24, 2.45) is 0 Å². The van der Waals surface area contributed by atoms with Crippen molar-refractivity contribution in [1.82, 2.24) is 0 Å². The molecule has 1 aromatic carbocycles. The summed E-state index contributed by atoms with van der Waals surface area (Å²) < 4.78 is 4.88. The van der Waals surface area contributed by atoms with Crippen LogP contribution < -0.4 is 5.46 Å². The summed E-state index contributed by atoms with van der Waals surface area (Å²) in [7, 11) is 2.51. The third-order valence-corrected chi connectivity index (χ3v) is 3.47. The lowest BCUT2D eigenvalue weighted by atomic mass is 9.66. The predicted octanol–water partition coefficient (Wildman–Crippen LogP) is 1.39. The highest BCUT2D eigenvalue weighted by molar-refractivity contribution is 6.52. The Bertz CT molecular complexity index is 401. The Hall–Kier alpha value is -1.25. The molecular weight excluding hydrogens is 199 g/mol. The van der Waals surface area contributed by atoms with E-state index in [0.29, 0.717) is 0 Å². The van der Waals surface area contributed by atoms with Gasteiger partial charge in [-0.1, -0.05) is 30.5 Å². The van der Waals surface area contributed by atoms with Gasteiger partial charge in [0.15, 0.2) is 7.28 Å². The van der Waals surface area contributed by atoms with Crippen LogP contribution in [0.15, 0.2) is 18.2 Å². The lowest BCUT2D eigenvalue weighted by molar-refractivity contribution is -0.142. The van der Waals surface area contributed by atoms with Crippen LogP contribution in [0.1, 0.15) is 29.9 Å². The highest BCUT2D eigenvalue weighted by Crippen LogP contribution is 2.31. The minimum absolute atomic E-state index is 0.0414. The second kappa shape index (κ2) is 4.73. The van der Waals surface area contributed by atoms with E-state index < -0.39 is 0 Å². The average molecular weight is 216 g/mol. The molecule has 0 aromatic heterocycles. The number of carbonyl (C=O) groups is 1. The molecule has 2 nitrogen and oxygen atoms in total. The first-order chi connectivity index (χ1) is 7.77. The topological polar surface area (TPSA) is 26.3 Å². The molecule has 0 fully saturated rings. The molecule has 16 heavy (non-hydrogen) atoms. The van der Waals surface area contributed by atoms with E-state index in [4.69, 9.17) is 4.74 Å². The summed E-state index contributed by atoms with van der Waals surface area (Å²) in [5, 5.41) is 0. The Kier molecular flexibility index (Phi) is 3.32. The summed E-state index contributed by atoms with van der Waals surface area (Å²) in [6, 6.07) is 6.30. The number of hydrogen-bond donors (Lipinski definition) is 0. The molecule has 1 unspecified atom stereocenters. The molecule has 1 aliphatic carbocycles. The molecule has 0 saturated carbocycles. The maximum atomic E-state index is 11.7. The first kappa shape index (κ1) is 11.2. The lowest BCUT2D eigenvalue weighted by Gasteiger charge is -2.25. The number of hydrogen-bond acceptors (Lipinski definition) is 2. The van der Waals surface area contributed by atoms with Crippen LogP contribution in [0.25, 0.3) is 0 Å². The maximum Gasteiger partial charge on any atom is 0.313 e. The minimum atomic E-state index is -0.0887. The number of ether oxygens (including phenoxy) is 1. The summed E-state index contributed by atoms with van der Waals surface area (Å²) in [5.74, 6) is -0.130. The number of carbonyl (C=O) groups excluding carboxylic acids is 1. The van der Waals surface area contributed by atoms with Crippen LogP contribution in [0.3, 0.4) is 0 Å². The van der Waals surface area contributed by atoms with Crippen molar-refractivity contribution in [3.8, 4) is 0 Å². The summed E-state index contributed by atoms with van der Waals surface area (Å²) >= 11 is 0. The molecular formula is C13H17BO2. The van der Waals surface area contributed by atoms with Gasteiger partial charge in [0.1, 0.15) is 0 Å². The molecule has 1 atom stereocenters.